The van der Waals surface area contributed by atoms with E-state index in [0.29, 0.717) is 0 Å². The predicted molar refractivity (Wildman–Crippen MR) is 106 cm³/mol. The molecule has 0 saturated carbocycles. The Morgan fingerprint density at radius 2 is 1.14 bits per heavy atom. The van der Waals surface area contributed by atoms with Gasteiger partial charge in [-0.25, -0.2) is 0 Å². The largest absolute Gasteiger partial charge is 0.465 e. The van der Waals surface area contributed by atoms with E-state index in [0.717, 1.165) is 11.1 Å². The number of esters is 2. The number of hydrogen-bond donors (Lipinski definition) is 1. The first kappa shape index (κ1) is 20.7. The van der Waals surface area contributed by atoms with Crippen LogP contribution in [0, 0.1) is 11.8 Å². The van der Waals surface area contributed by atoms with Crippen molar-refractivity contribution in [2.75, 3.05) is 13.2 Å². The fraction of sp³-hybridized carbons (Fsp3) is 0.348. The fourth-order valence-electron chi connectivity index (χ4n) is 3.94. The van der Waals surface area contributed by atoms with Gasteiger partial charge in [-0.15, -0.1) is 0 Å². The first-order valence-electron chi connectivity index (χ1n) is 9.90. The van der Waals surface area contributed by atoms with Crippen molar-refractivity contribution in [3.63, 3.8) is 0 Å². The van der Waals surface area contributed by atoms with Crippen molar-refractivity contribution in [1.29, 1.82) is 0 Å². The summed E-state index contributed by atoms with van der Waals surface area (Å²) in [5, 5.41) is 1.93. The van der Waals surface area contributed by atoms with Gasteiger partial charge in [-0.3, -0.25) is 14.4 Å². The molecule has 3 rings (SSSR count). The molecular weight excluding hydrogens is 370 g/mol. The number of quaternary nitrogens is 1. The number of ether oxygens (including phenoxy) is 2. The summed E-state index contributed by atoms with van der Waals surface area (Å²) >= 11 is 0. The standard InChI is InChI=1S/C23H25NO5/c1-3-28-22(26)17-19(15-11-7-5-8-12-15)24-20(16-13-9-6-10-14-16)18(21(17)25)23(27)29-4-2/h5-14,17-20,24H,3-4H2,1-2H3/p+1/t17-,18-,19-,20+/m0/s1. The summed E-state index contributed by atoms with van der Waals surface area (Å²) < 4.78 is 10.4. The summed E-state index contributed by atoms with van der Waals surface area (Å²) in [4.78, 5) is 39.0. The Labute approximate surface area is 170 Å². The highest BCUT2D eigenvalue weighted by Gasteiger charge is 2.55. The minimum Gasteiger partial charge on any atom is -0.465 e. The van der Waals surface area contributed by atoms with Gasteiger partial charge in [0.1, 0.15) is 12.1 Å². The number of ketones is 1. The van der Waals surface area contributed by atoms with E-state index in [1.54, 1.807) is 13.8 Å². The molecule has 1 saturated heterocycles. The van der Waals surface area contributed by atoms with Gasteiger partial charge in [0.2, 0.25) is 0 Å². The van der Waals surface area contributed by atoms with Gasteiger partial charge in [0.15, 0.2) is 17.6 Å². The number of benzene rings is 2. The summed E-state index contributed by atoms with van der Waals surface area (Å²) in [6.07, 6.45) is 0. The van der Waals surface area contributed by atoms with Gasteiger partial charge in [-0.2, -0.15) is 0 Å². The van der Waals surface area contributed by atoms with Crippen LogP contribution in [0.4, 0.5) is 0 Å². The number of carbonyl (C=O) groups is 3. The van der Waals surface area contributed by atoms with Gasteiger partial charge in [-0.05, 0) is 13.8 Å². The van der Waals surface area contributed by atoms with Crippen LogP contribution in [0.1, 0.15) is 37.1 Å². The smallest absolute Gasteiger partial charge is 0.323 e. The Hall–Kier alpha value is -2.99. The number of hydrogen-bond acceptors (Lipinski definition) is 5. The molecule has 1 heterocycles. The van der Waals surface area contributed by atoms with Crippen molar-refractivity contribution in [3.8, 4) is 0 Å². The summed E-state index contributed by atoms with van der Waals surface area (Å²) in [5.74, 6) is -3.82. The van der Waals surface area contributed by atoms with E-state index in [2.05, 4.69) is 0 Å². The fourth-order valence-corrected chi connectivity index (χ4v) is 3.94. The average molecular weight is 396 g/mol. The molecule has 29 heavy (non-hydrogen) atoms. The second kappa shape index (κ2) is 9.47. The van der Waals surface area contributed by atoms with Crippen molar-refractivity contribution in [2.45, 2.75) is 25.9 Å². The van der Waals surface area contributed by atoms with Gasteiger partial charge in [0.25, 0.3) is 0 Å². The second-order valence-electron chi connectivity index (χ2n) is 6.93. The molecule has 2 aromatic rings. The molecule has 6 heteroatoms. The predicted octanol–water partition coefficient (Wildman–Crippen LogP) is 1.97. The summed E-state index contributed by atoms with van der Waals surface area (Å²) in [5.41, 5.74) is 1.67. The minimum atomic E-state index is -1.08. The number of nitrogens with two attached hydrogens (primary N) is 1. The number of rotatable bonds is 6. The van der Waals surface area contributed by atoms with E-state index in [1.807, 2.05) is 66.0 Å². The third-order valence-electron chi connectivity index (χ3n) is 5.20. The van der Waals surface area contributed by atoms with Crippen molar-refractivity contribution in [3.05, 3.63) is 71.8 Å². The van der Waals surface area contributed by atoms with Crippen LogP contribution in [-0.4, -0.2) is 30.9 Å². The minimum absolute atomic E-state index is 0.163. The molecule has 1 aliphatic rings. The molecule has 1 aliphatic heterocycles. The Balaban J connectivity index is 2.08. The van der Waals surface area contributed by atoms with Crippen molar-refractivity contribution < 1.29 is 29.2 Å². The van der Waals surface area contributed by atoms with E-state index < -0.39 is 41.6 Å². The molecule has 1 fully saturated rings. The quantitative estimate of drug-likeness (QED) is 0.596. The lowest BCUT2D eigenvalue weighted by Crippen LogP contribution is -2.93. The number of Topliss-reactive ketones (excluding diaryl/α,β-unsaturated/α-hetero) is 1. The molecule has 0 aliphatic carbocycles. The van der Waals surface area contributed by atoms with Crippen molar-refractivity contribution in [1.82, 2.24) is 0 Å². The van der Waals surface area contributed by atoms with Crippen LogP contribution in [0.3, 0.4) is 0 Å². The maximum absolute atomic E-state index is 13.5. The molecule has 0 radical (unpaired) electrons. The first-order valence-corrected chi connectivity index (χ1v) is 9.90. The number of carbonyl (C=O) groups excluding carboxylic acids is 3. The van der Waals surface area contributed by atoms with E-state index >= 15 is 0 Å². The van der Waals surface area contributed by atoms with Crippen LogP contribution in [0.25, 0.3) is 0 Å². The molecule has 0 bridgehead atoms. The molecule has 6 nitrogen and oxygen atoms in total. The molecule has 0 spiro atoms. The zero-order chi connectivity index (χ0) is 20.8. The monoisotopic (exact) mass is 396 g/mol. The highest BCUT2D eigenvalue weighted by molar-refractivity contribution is 6.09. The van der Waals surface area contributed by atoms with Gasteiger partial charge in [0.05, 0.1) is 13.2 Å². The van der Waals surface area contributed by atoms with Crippen molar-refractivity contribution in [2.24, 2.45) is 11.8 Å². The number of piperidine rings is 1. The van der Waals surface area contributed by atoms with Crippen LogP contribution in [-0.2, 0) is 23.9 Å². The normalized spacial score (nSPS) is 24.0. The van der Waals surface area contributed by atoms with Crippen LogP contribution in [0.2, 0.25) is 0 Å². The van der Waals surface area contributed by atoms with Crippen molar-refractivity contribution >= 4 is 17.7 Å². The Morgan fingerprint density at radius 3 is 1.48 bits per heavy atom. The van der Waals surface area contributed by atoms with Gasteiger partial charge in [-0.1, -0.05) is 60.7 Å². The van der Waals surface area contributed by atoms with E-state index in [1.165, 1.54) is 0 Å². The molecule has 152 valence electrons. The van der Waals surface area contributed by atoms with Crippen LogP contribution < -0.4 is 5.32 Å². The summed E-state index contributed by atoms with van der Waals surface area (Å²) in [7, 11) is 0. The zero-order valence-electron chi connectivity index (χ0n) is 16.6. The zero-order valence-corrected chi connectivity index (χ0v) is 16.6. The molecule has 0 aromatic heterocycles. The highest BCUT2D eigenvalue weighted by atomic mass is 16.5. The lowest BCUT2D eigenvalue weighted by atomic mass is 9.74. The third kappa shape index (κ3) is 4.38. The molecule has 4 atom stereocenters. The first-order chi connectivity index (χ1) is 14.1. The maximum Gasteiger partial charge on any atom is 0.323 e. The molecular formula is C23H26NO5+. The SMILES string of the molecule is CCOC(=O)[C@@H]1C(=O)[C@@H](C(=O)OCC)[C@H](c2ccccc2)[NH2+][C@@H]1c1ccccc1. The summed E-state index contributed by atoms with van der Waals surface area (Å²) in [6.45, 7) is 3.72. The Bertz CT molecular complexity index is 783. The molecule has 0 amide bonds. The van der Waals surface area contributed by atoms with Gasteiger partial charge in [0, 0.05) is 11.1 Å². The molecule has 2 aromatic carbocycles. The van der Waals surface area contributed by atoms with Gasteiger partial charge < -0.3 is 14.8 Å². The molecule has 2 N–H and O–H groups in total. The lowest BCUT2D eigenvalue weighted by Gasteiger charge is -2.36. The Morgan fingerprint density at radius 1 is 0.759 bits per heavy atom. The topological polar surface area (TPSA) is 86.3 Å². The van der Waals surface area contributed by atoms with E-state index in [9.17, 15) is 14.4 Å². The highest BCUT2D eigenvalue weighted by Crippen LogP contribution is 2.34. The van der Waals surface area contributed by atoms with Crippen LogP contribution in [0.5, 0.6) is 0 Å². The van der Waals surface area contributed by atoms with E-state index in [4.69, 9.17) is 9.47 Å². The summed E-state index contributed by atoms with van der Waals surface area (Å²) in [6, 6.07) is 17.8. The lowest BCUT2D eigenvalue weighted by molar-refractivity contribution is -0.745. The maximum atomic E-state index is 13.5. The second-order valence-corrected chi connectivity index (χ2v) is 6.93. The third-order valence-corrected chi connectivity index (χ3v) is 5.20. The van der Waals surface area contributed by atoms with Crippen LogP contribution in [0.15, 0.2) is 60.7 Å². The van der Waals surface area contributed by atoms with Crippen LogP contribution >= 0.6 is 0 Å². The Kier molecular flexibility index (Phi) is 6.77. The van der Waals surface area contributed by atoms with E-state index in [-0.39, 0.29) is 13.2 Å². The molecule has 0 unspecified atom stereocenters. The van der Waals surface area contributed by atoms with Gasteiger partial charge >= 0.3 is 11.9 Å². The average Bonchev–Trinajstić information content (AvgIpc) is 2.74.